The third-order valence-electron chi connectivity index (χ3n) is 2.89. The molecule has 1 unspecified atom stereocenters. The van der Waals surface area contributed by atoms with Crippen LogP contribution in [0, 0.1) is 0 Å². The lowest BCUT2D eigenvalue weighted by molar-refractivity contribution is 0.580. The summed E-state index contributed by atoms with van der Waals surface area (Å²) < 4.78 is 0. The molecule has 0 aromatic carbocycles. The van der Waals surface area contributed by atoms with E-state index in [2.05, 4.69) is 24.9 Å². The summed E-state index contributed by atoms with van der Waals surface area (Å²) in [6.07, 6.45) is 8.24. The highest BCUT2D eigenvalue weighted by atomic mass is 14.8. The highest BCUT2D eigenvalue weighted by molar-refractivity contribution is 5.40. The fraction of sp³-hybridized carbons (Fsp3) is 0.615. The lowest BCUT2D eigenvalue weighted by Gasteiger charge is -2.12. The van der Waals surface area contributed by atoms with Crippen molar-refractivity contribution in [1.29, 1.82) is 0 Å². The quantitative estimate of drug-likeness (QED) is 0.720. The van der Waals surface area contributed by atoms with Crippen molar-refractivity contribution in [3.63, 3.8) is 0 Å². The molecule has 0 aliphatic carbocycles. The first-order valence-electron chi connectivity index (χ1n) is 5.96. The lowest BCUT2D eigenvalue weighted by Crippen LogP contribution is -2.01. The Hall–Kier alpha value is -1.05. The van der Waals surface area contributed by atoms with Crippen LogP contribution in [0.3, 0.4) is 0 Å². The van der Waals surface area contributed by atoms with Gasteiger partial charge in [0.1, 0.15) is 5.82 Å². The van der Waals surface area contributed by atoms with Crippen LogP contribution in [-0.4, -0.2) is 4.98 Å². The van der Waals surface area contributed by atoms with Crippen LogP contribution in [0.15, 0.2) is 18.3 Å². The summed E-state index contributed by atoms with van der Waals surface area (Å²) in [4.78, 5) is 4.12. The first kappa shape index (κ1) is 12.0. The Kier molecular flexibility index (Phi) is 5.16. The van der Waals surface area contributed by atoms with Crippen molar-refractivity contribution in [3.8, 4) is 0 Å². The molecule has 0 aliphatic rings. The number of unbranched alkanes of at least 4 members (excludes halogenated alkanes) is 3. The van der Waals surface area contributed by atoms with Crippen LogP contribution in [0.4, 0.5) is 5.82 Å². The number of anilines is 1. The summed E-state index contributed by atoms with van der Waals surface area (Å²) in [7, 11) is 0. The predicted octanol–water partition coefficient (Wildman–Crippen LogP) is 3.74. The molecule has 1 rings (SSSR count). The molecule has 2 nitrogen and oxygen atoms in total. The number of nitrogens with zero attached hydrogens (tertiary/aromatic N) is 1. The van der Waals surface area contributed by atoms with Crippen molar-refractivity contribution in [1.82, 2.24) is 4.98 Å². The molecule has 1 aromatic heterocycles. The van der Waals surface area contributed by atoms with Gasteiger partial charge in [-0.1, -0.05) is 45.6 Å². The summed E-state index contributed by atoms with van der Waals surface area (Å²) in [5.41, 5.74) is 7.04. The van der Waals surface area contributed by atoms with Crippen molar-refractivity contribution >= 4 is 5.82 Å². The van der Waals surface area contributed by atoms with E-state index in [1.807, 2.05) is 6.07 Å². The van der Waals surface area contributed by atoms with Crippen LogP contribution in [0.25, 0.3) is 0 Å². The number of hydrogen-bond acceptors (Lipinski definition) is 2. The van der Waals surface area contributed by atoms with Gasteiger partial charge >= 0.3 is 0 Å². The molecular formula is C13H22N2. The summed E-state index contributed by atoms with van der Waals surface area (Å²) in [6.45, 7) is 4.47. The SMILES string of the molecule is CCCCCCC(C)c1cccnc1N. The molecule has 0 fully saturated rings. The molecule has 1 heterocycles. The maximum absolute atomic E-state index is 5.84. The number of rotatable bonds is 6. The van der Waals surface area contributed by atoms with E-state index in [0.717, 1.165) is 0 Å². The van der Waals surface area contributed by atoms with Crippen molar-refractivity contribution < 1.29 is 0 Å². The zero-order valence-electron chi connectivity index (χ0n) is 9.87. The molecular weight excluding hydrogens is 184 g/mol. The Labute approximate surface area is 92.9 Å². The number of pyridine rings is 1. The smallest absolute Gasteiger partial charge is 0.126 e. The van der Waals surface area contributed by atoms with Crippen LogP contribution in [0.1, 0.15) is 57.4 Å². The molecule has 2 N–H and O–H groups in total. The zero-order valence-corrected chi connectivity index (χ0v) is 9.87. The Morgan fingerprint density at radius 1 is 1.33 bits per heavy atom. The number of aromatic nitrogens is 1. The van der Waals surface area contributed by atoms with E-state index < -0.39 is 0 Å². The Morgan fingerprint density at radius 3 is 2.80 bits per heavy atom. The fourth-order valence-electron chi connectivity index (χ4n) is 1.88. The average molecular weight is 206 g/mol. The van der Waals surface area contributed by atoms with Crippen LogP contribution in [0.5, 0.6) is 0 Å². The second-order valence-electron chi connectivity index (χ2n) is 4.23. The van der Waals surface area contributed by atoms with E-state index in [-0.39, 0.29) is 0 Å². The molecule has 0 bridgehead atoms. The topological polar surface area (TPSA) is 38.9 Å². The van der Waals surface area contributed by atoms with E-state index in [9.17, 15) is 0 Å². The molecule has 0 amide bonds. The van der Waals surface area contributed by atoms with Gasteiger partial charge in [0, 0.05) is 6.20 Å². The number of hydrogen-bond donors (Lipinski definition) is 1. The van der Waals surface area contributed by atoms with Gasteiger partial charge in [0.05, 0.1) is 0 Å². The first-order valence-corrected chi connectivity index (χ1v) is 5.96. The summed E-state index contributed by atoms with van der Waals surface area (Å²) >= 11 is 0. The lowest BCUT2D eigenvalue weighted by atomic mass is 9.95. The predicted molar refractivity (Wildman–Crippen MR) is 65.8 cm³/mol. The minimum atomic E-state index is 0.538. The summed E-state index contributed by atoms with van der Waals surface area (Å²) in [6, 6.07) is 4.06. The van der Waals surface area contributed by atoms with Crippen molar-refractivity contribution in [2.24, 2.45) is 0 Å². The van der Waals surface area contributed by atoms with Gasteiger partial charge in [-0.15, -0.1) is 0 Å². The van der Waals surface area contributed by atoms with Gasteiger partial charge in [-0.25, -0.2) is 4.98 Å². The summed E-state index contributed by atoms with van der Waals surface area (Å²) in [5, 5.41) is 0. The molecule has 0 saturated carbocycles. The molecule has 15 heavy (non-hydrogen) atoms. The van der Waals surface area contributed by atoms with Gasteiger partial charge in [-0.3, -0.25) is 0 Å². The standard InChI is InChI=1S/C13H22N2/c1-3-4-5-6-8-11(2)12-9-7-10-15-13(12)14/h7,9-11H,3-6,8H2,1-2H3,(H2,14,15). The maximum Gasteiger partial charge on any atom is 0.126 e. The zero-order chi connectivity index (χ0) is 11.1. The second kappa shape index (κ2) is 6.44. The van der Waals surface area contributed by atoms with Gasteiger partial charge in [-0.2, -0.15) is 0 Å². The molecule has 0 radical (unpaired) electrons. The highest BCUT2D eigenvalue weighted by Gasteiger charge is 2.08. The molecule has 1 aromatic rings. The van der Waals surface area contributed by atoms with Crippen LogP contribution in [0.2, 0.25) is 0 Å². The number of nitrogen functional groups attached to an aromatic ring is 1. The molecule has 0 spiro atoms. The molecule has 0 saturated heterocycles. The summed E-state index contributed by atoms with van der Waals surface area (Å²) in [5.74, 6) is 1.23. The fourth-order valence-corrected chi connectivity index (χ4v) is 1.88. The largest absolute Gasteiger partial charge is 0.383 e. The van der Waals surface area contributed by atoms with Crippen LogP contribution < -0.4 is 5.73 Å². The van der Waals surface area contributed by atoms with E-state index in [1.165, 1.54) is 37.7 Å². The third kappa shape index (κ3) is 3.90. The van der Waals surface area contributed by atoms with Crippen LogP contribution in [-0.2, 0) is 0 Å². The molecule has 1 atom stereocenters. The van der Waals surface area contributed by atoms with E-state index in [0.29, 0.717) is 11.7 Å². The number of nitrogens with two attached hydrogens (primary N) is 1. The second-order valence-corrected chi connectivity index (χ2v) is 4.23. The van der Waals surface area contributed by atoms with Gasteiger partial charge in [-0.05, 0) is 24.0 Å². The van der Waals surface area contributed by atoms with Crippen molar-refractivity contribution in [2.45, 2.75) is 51.9 Å². The Bertz CT molecular complexity index is 284. The first-order chi connectivity index (χ1) is 7.25. The van der Waals surface area contributed by atoms with E-state index >= 15 is 0 Å². The molecule has 84 valence electrons. The molecule has 2 heteroatoms. The van der Waals surface area contributed by atoms with Crippen molar-refractivity contribution in [3.05, 3.63) is 23.9 Å². The van der Waals surface area contributed by atoms with Gasteiger partial charge in [0.15, 0.2) is 0 Å². The van der Waals surface area contributed by atoms with Gasteiger partial charge in [0.25, 0.3) is 0 Å². The normalized spacial score (nSPS) is 12.7. The van der Waals surface area contributed by atoms with Gasteiger partial charge in [0.2, 0.25) is 0 Å². The minimum Gasteiger partial charge on any atom is -0.383 e. The highest BCUT2D eigenvalue weighted by Crippen LogP contribution is 2.25. The Morgan fingerprint density at radius 2 is 2.13 bits per heavy atom. The van der Waals surface area contributed by atoms with Crippen molar-refractivity contribution in [2.75, 3.05) is 5.73 Å². The van der Waals surface area contributed by atoms with Gasteiger partial charge < -0.3 is 5.73 Å². The van der Waals surface area contributed by atoms with E-state index in [4.69, 9.17) is 5.73 Å². The molecule has 0 aliphatic heterocycles. The maximum atomic E-state index is 5.84. The Balaban J connectivity index is 2.40. The third-order valence-corrected chi connectivity index (χ3v) is 2.89. The van der Waals surface area contributed by atoms with E-state index in [1.54, 1.807) is 6.20 Å². The monoisotopic (exact) mass is 206 g/mol. The minimum absolute atomic E-state index is 0.538. The van der Waals surface area contributed by atoms with Crippen LogP contribution >= 0.6 is 0 Å². The average Bonchev–Trinajstić information content (AvgIpc) is 2.25.